The highest BCUT2D eigenvalue weighted by atomic mass is 127. The average Bonchev–Trinajstić information content (AvgIpc) is 2.48. The molecule has 0 spiro atoms. The summed E-state index contributed by atoms with van der Waals surface area (Å²) in [6.45, 7) is 0.773. The summed E-state index contributed by atoms with van der Waals surface area (Å²) < 4.78 is 2.18. The van der Waals surface area contributed by atoms with Crippen molar-refractivity contribution in [2.24, 2.45) is 0 Å². The number of nitrogens with one attached hydrogen (secondary N) is 1. The molecule has 0 unspecified atom stereocenters. The molecule has 5 heteroatoms. The Kier molecular flexibility index (Phi) is 6.23. The van der Waals surface area contributed by atoms with Gasteiger partial charge in [-0.15, -0.1) is 0 Å². The molecule has 1 aliphatic rings. The Bertz CT molecular complexity index is 489. The van der Waals surface area contributed by atoms with Crippen LogP contribution < -0.4 is 5.32 Å². The zero-order chi connectivity index (χ0) is 14.6. The van der Waals surface area contributed by atoms with Crippen LogP contribution >= 0.6 is 50.3 Å². The van der Waals surface area contributed by atoms with Crippen molar-refractivity contribution in [2.75, 3.05) is 12.8 Å². The molecule has 0 radical (unpaired) electrons. The van der Waals surface area contributed by atoms with Crippen LogP contribution in [0.1, 0.15) is 42.5 Å². The van der Waals surface area contributed by atoms with Crippen molar-refractivity contribution in [3.8, 4) is 0 Å². The Morgan fingerprint density at radius 2 is 2.10 bits per heavy atom. The third-order valence-electron chi connectivity index (χ3n) is 3.94. The summed E-state index contributed by atoms with van der Waals surface area (Å²) in [4.78, 5) is 12.4. The standard InChI is InChI=1S/C15H19BrINOS/c1-20-15(7-3-2-4-8-15)10-18-14(19)12-9-11(16)5-6-13(12)17/h5-6,9H,2-4,7-8,10H2,1H3,(H,18,19). The first-order valence-corrected chi connectivity index (χ1v) is 9.94. The molecule has 1 saturated carbocycles. The molecule has 0 aliphatic heterocycles. The molecule has 1 aliphatic carbocycles. The third kappa shape index (κ3) is 4.13. The molecule has 20 heavy (non-hydrogen) atoms. The Labute approximate surface area is 147 Å². The molecule has 0 bridgehead atoms. The summed E-state index contributed by atoms with van der Waals surface area (Å²) in [6, 6.07) is 5.82. The molecule has 1 aromatic carbocycles. The zero-order valence-corrected chi connectivity index (χ0v) is 16.1. The van der Waals surface area contributed by atoms with E-state index in [4.69, 9.17) is 0 Å². The van der Waals surface area contributed by atoms with E-state index in [2.05, 4.69) is 50.1 Å². The van der Waals surface area contributed by atoms with Gasteiger partial charge < -0.3 is 5.32 Å². The maximum Gasteiger partial charge on any atom is 0.252 e. The molecule has 2 nitrogen and oxygen atoms in total. The second kappa shape index (κ2) is 7.49. The first kappa shape index (κ1) is 16.6. The fraction of sp³-hybridized carbons (Fsp3) is 0.533. The Balaban J connectivity index is 2.02. The highest BCUT2D eigenvalue weighted by molar-refractivity contribution is 14.1. The van der Waals surface area contributed by atoms with Crippen molar-refractivity contribution in [3.05, 3.63) is 31.8 Å². The number of benzene rings is 1. The van der Waals surface area contributed by atoms with Gasteiger partial charge in [0.1, 0.15) is 0 Å². The van der Waals surface area contributed by atoms with Gasteiger partial charge in [-0.3, -0.25) is 4.79 Å². The minimum absolute atomic E-state index is 0.0368. The number of thioether (sulfide) groups is 1. The van der Waals surface area contributed by atoms with Crippen LogP contribution in [-0.2, 0) is 0 Å². The van der Waals surface area contributed by atoms with E-state index in [9.17, 15) is 4.79 Å². The number of hydrogen-bond donors (Lipinski definition) is 1. The number of carbonyl (C=O) groups excluding carboxylic acids is 1. The first-order chi connectivity index (χ1) is 9.56. The number of hydrogen-bond acceptors (Lipinski definition) is 2. The van der Waals surface area contributed by atoms with Crippen molar-refractivity contribution >= 4 is 56.2 Å². The lowest BCUT2D eigenvalue weighted by Gasteiger charge is -2.35. The Morgan fingerprint density at radius 3 is 2.75 bits per heavy atom. The molecule has 2 rings (SSSR count). The van der Waals surface area contributed by atoms with E-state index in [-0.39, 0.29) is 10.7 Å². The lowest BCUT2D eigenvalue weighted by Crippen LogP contribution is -2.41. The monoisotopic (exact) mass is 467 g/mol. The van der Waals surface area contributed by atoms with Gasteiger partial charge in [-0.2, -0.15) is 11.8 Å². The van der Waals surface area contributed by atoms with Crippen molar-refractivity contribution in [1.29, 1.82) is 0 Å². The highest BCUT2D eigenvalue weighted by Crippen LogP contribution is 2.38. The molecule has 0 saturated heterocycles. The maximum atomic E-state index is 12.4. The minimum Gasteiger partial charge on any atom is -0.351 e. The van der Waals surface area contributed by atoms with E-state index in [1.807, 2.05) is 30.0 Å². The van der Waals surface area contributed by atoms with Crippen LogP contribution in [0.5, 0.6) is 0 Å². The maximum absolute atomic E-state index is 12.4. The zero-order valence-electron chi connectivity index (χ0n) is 11.5. The summed E-state index contributed by atoms with van der Waals surface area (Å²) in [7, 11) is 0. The molecule has 0 atom stereocenters. The van der Waals surface area contributed by atoms with Gasteiger partial charge in [0.15, 0.2) is 0 Å². The summed E-state index contributed by atoms with van der Waals surface area (Å²) in [5.74, 6) is 0.0368. The second-order valence-electron chi connectivity index (χ2n) is 5.25. The van der Waals surface area contributed by atoms with Gasteiger partial charge >= 0.3 is 0 Å². The largest absolute Gasteiger partial charge is 0.351 e. The highest BCUT2D eigenvalue weighted by Gasteiger charge is 2.31. The fourth-order valence-electron chi connectivity index (χ4n) is 2.66. The molecular weight excluding hydrogens is 449 g/mol. The lowest BCUT2D eigenvalue weighted by molar-refractivity contribution is 0.0946. The molecule has 1 aromatic rings. The second-order valence-corrected chi connectivity index (χ2v) is 8.61. The van der Waals surface area contributed by atoms with Crippen molar-refractivity contribution in [2.45, 2.75) is 36.9 Å². The molecule has 1 fully saturated rings. The van der Waals surface area contributed by atoms with Crippen LogP contribution in [-0.4, -0.2) is 23.5 Å². The van der Waals surface area contributed by atoms with Gasteiger partial charge in [0.2, 0.25) is 0 Å². The van der Waals surface area contributed by atoms with Gasteiger partial charge in [-0.25, -0.2) is 0 Å². The minimum atomic E-state index is 0.0368. The summed E-state index contributed by atoms with van der Waals surface area (Å²) >= 11 is 7.55. The van der Waals surface area contributed by atoms with Crippen LogP contribution in [0.15, 0.2) is 22.7 Å². The van der Waals surface area contributed by atoms with E-state index < -0.39 is 0 Å². The van der Waals surface area contributed by atoms with Gasteiger partial charge in [0.25, 0.3) is 5.91 Å². The molecular formula is C15H19BrINOS. The van der Waals surface area contributed by atoms with Crippen molar-refractivity contribution in [3.63, 3.8) is 0 Å². The quantitative estimate of drug-likeness (QED) is 0.641. The van der Waals surface area contributed by atoms with Gasteiger partial charge in [-0.1, -0.05) is 35.2 Å². The van der Waals surface area contributed by atoms with E-state index in [0.717, 1.165) is 20.2 Å². The molecule has 0 aromatic heterocycles. The molecule has 110 valence electrons. The van der Waals surface area contributed by atoms with Crippen LogP contribution in [0.2, 0.25) is 0 Å². The predicted molar refractivity (Wildman–Crippen MR) is 98.5 cm³/mol. The molecule has 0 heterocycles. The Morgan fingerprint density at radius 1 is 1.40 bits per heavy atom. The van der Waals surface area contributed by atoms with Crippen LogP contribution in [0.4, 0.5) is 0 Å². The van der Waals surface area contributed by atoms with Crippen LogP contribution in [0.3, 0.4) is 0 Å². The summed E-state index contributed by atoms with van der Waals surface area (Å²) in [6.07, 6.45) is 8.49. The van der Waals surface area contributed by atoms with Gasteiger partial charge in [-0.05, 0) is 59.9 Å². The van der Waals surface area contributed by atoms with Gasteiger partial charge in [0.05, 0.1) is 5.56 Å². The lowest BCUT2D eigenvalue weighted by atomic mass is 9.88. The normalized spacial score (nSPS) is 17.8. The third-order valence-corrected chi connectivity index (χ3v) is 6.79. The summed E-state index contributed by atoms with van der Waals surface area (Å²) in [5.41, 5.74) is 0.757. The van der Waals surface area contributed by atoms with Crippen LogP contribution in [0.25, 0.3) is 0 Å². The number of rotatable bonds is 4. The molecule has 1 N–H and O–H groups in total. The first-order valence-electron chi connectivity index (χ1n) is 6.85. The van der Waals surface area contributed by atoms with Gasteiger partial charge in [0, 0.05) is 19.3 Å². The SMILES string of the molecule is CSC1(CNC(=O)c2cc(Br)ccc2I)CCCCC1. The average molecular weight is 468 g/mol. The topological polar surface area (TPSA) is 29.1 Å². The number of amides is 1. The Hall–Kier alpha value is 0.250. The van der Waals surface area contributed by atoms with E-state index in [1.165, 1.54) is 32.1 Å². The fourth-order valence-corrected chi connectivity index (χ4v) is 4.51. The van der Waals surface area contributed by atoms with E-state index in [1.54, 1.807) is 0 Å². The predicted octanol–water partition coefficient (Wildman–Crippen LogP) is 4.85. The summed E-state index contributed by atoms with van der Waals surface area (Å²) in [5, 5.41) is 3.14. The number of carbonyl (C=O) groups is 1. The smallest absolute Gasteiger partial charge is 0.252 e. The van der Waals surface area contributed by atoms with Crippen molar-refractivity contribution < 1.29 is 4.79 Å². The van der Waals surface area contributed by atoms with E-state index >= 15 is 0 Å². The molecule has 1 amide bonds. The van der Waals surface area contributed by atoms with Crippen LogP contribution in [0, 0.1) is 3.57 Å². The van der Waals surface area contributed by atoms with Crippen molar-refractivity contribution in [1.82, 2.24) is 5.32 Å². The number of halogens is 2. The van der Waals surface area contributed by atoms with E-state index in [0.29, 0.717) is 0 Å².